The summed E-state index contributed by atoms with van der Waals surface area (Å²) in [5.41, 5.74) is 11.2. The number of nitrogen functional groups attached to an aromatic ring is 1. The maximum atomic E-state index is 12.9. The third-order valence-electron chi connectivity index (χ3n) is 5.45. The van der Waals surface area contributed by atoms with E-state index in [0.29, 0.717) is 30.1 Å². The first-order valence-electron chi connectivity index (χ1n) is 10.1. The fraction of sp³-hybridized carbons (Fsp3) is 0.160. The Bertz CT molecular complexity index is 1130. The highest BCUT2D eigenvalue weighted by Gasteiger charge is 2.19. The summed E-state index contributed by atoms with van der Waals surface area (Å²) in [6.45, 7) is 1.21. The normalized spacial score (nSPS) is 13.5. The minimum atomic E-state index is 0.0205. The fourth-order valence-corrected chi connectivity index (χ4v) is 3.66. The van der Waals surface area contributed by atoms with Gasteiger partial charge in [-0.1, -0.05) is 36.4 Å². The van der Waals surface area contributed by atoms with Crippen LogP contribution in [0.1, 0.15) is 27.9 Å². The maximum absolute atomic E-state index is 12.9. The first kappa shape index (κ1) is 20.3. The predicted molar refractivity (Wildman–Crippen MR) is 122 cm³/mol. The van der Waals surface area contributed by atoms with Crippen LogP contribution in [0.4, 0.5) is 0 Å². The van der Waals surface area contributed by atoms with Crippen molar-refractivity contribution in [2.45, 2.75) is 6.42 Å². The quantitative estimate of drug-likeness (QED) is 0.490. The molecule has 0 saturated heterocycles. The summed E-state index contributed by atoms with van der Waals surface area (Å²) in [6, 6.07) is 19.0. The molecule has 0 atom stereocenters. The number of carbonyl (C=O) groups excluding carboxylic acids is 1. The third kappa shape index (κ3) is 4.48. The summed E-state index contributed by atoms with van der Waals surface area (Å²) in [6.07, 6.45) is 4.61. The molecule has 1 aromatic heterocycles. The van der Waals surface area contributed by atoms with Gasteiger partial charge in [0.25, 0.3) is 5.91 Å². The van der Waals surface area contributed by atoms with Crippen molar-refractivity contribution in [1.29, 1.82) is 5.41 Å². The SMILES string of the molecule is COc1ccc(-c2ccc(C(=O)N3CC=C(c4cccc(C(=N)N)c4)CC3)cc2)cn1. The number of nitrogens with one attached hydrogen (secondary N) is 1. The van der Waals surface area contributed by atoms with Crippen LogP contribution in [0.2, 0.25) is 0 Å². The molecule has 4 rings (SSSR count). The van der Waals surface area contributed by atoms with E-state index in [-0.39, 0.29) is 11.7 Å². The number of benzene rings is 2. The molecule has 2 heterocycles. The monoisotopic (exact) mass is 412 g/mol. The van der Waals surface area contributed by atoms with Gasteiger partial charge in [0.1, 0.15) is 5.84 Å². The van der Waals surface area contributed by atoms with E-state index in [9.17, 15) is 4.79 Å². The minimum absolute atomic E-state index is 0.0205. The van der Waals surface area contributed by atoms with Gasteiger partial charge >= 0.3 is 0 Å². The number of amides is 1. The summed E-state index contributed by atoms with van der Waals surface area (Å²) in [7, 11) is 1.59. The van der Waals surface area contributed by atoms with Crippen LogP contribution in [-0.2, 0) is 0 Å². The molecule has 31 heavy (non-hydrogen) atoms. The van der Waals surface area contributed by atoms with Crippen LogP contribution in [0.25, 0.3) is 16.7 Å². The number of methoxy groups -OCH3 is 1. The number of hydrogen-bond donors (Lipinski definition) is 2. The number of rotatable bonds is 5. The minimum Gasteiger partial charge on any atom is -0.481 e. The van der Waals surface area contributed by atoms with E-state index in [1.807, 2.05) is 65.6 Å². The van der Waals surface area contributed by atoms with Crippen molar-refractivity contribution >= 4 is 17.3 Å². The molecule has 0 aliphatic carbocycles. The molecule has 3 aromatic rings. The highest BCUT2D eigenvalue weighted by Crippen LogP contribution is 2.25. The first-order chi connectivity index (χ1) is 15.0. The highest BCUT2D eigenvalue weighted by atomic mass is 16.5. The molecule has 0 saturated carbocycles. The van der Waals surface area contributed by atoms with Gasteiger partial charge < -0.3 is 15.4 Å². The number of nitrogens with two attached hydrogens (primary N) is 1. The molecule has 156 valence electrons. The summed E-state index contributed by atoms with van der Waals surface area (Å²) in [5, 5.41) is 7.61. The Hall–Kier alpha value is -3.93. The van der Waals surface area contributed by atoms with Crippen LogP contribution < -0.4 is 10.5 Å². The average Bonchev–Trinajstić information content (AvgIpc) is 2.84. The Labute approximate surface area is 181 Å². The predicted octanol–water partition coefficient (Wildman–Crippen LogP) is 3.97. The zero-order valence-electron chi connectivity index (χ0n) is 17.3. The Kier molecular flexibility index (Phi) is 5.80. The first-order valence-corrected chi connectivity index (χ1v) is 10.1. The number of nitrogens with zero attached hydrogens (tertiary/aromatic N) is 2. The molecule has 1 amide bonds. The van der Waals surface area contributed by atoms with E-state index >= 15 is 0 Å². The molecule has 2 aromatic carbocycles. The largest absolute Gasteiger partial charge is 0.481 e. The molecule has 0 fully saturated rings. The number of amidine groups is 1. The third-order valence-corrected chi connectivity index (χ3v) is 5.45. The highest BCUT2D eigenvalue weighted by molar-refractivity contribution is 5.96. The molecular weight excluding hydrogens is 388 g/mol. The van der Waals surface area contributed by atoms with Gasteiger partial charge in [-0.2, -0.15) is 0 Å². The number of pyridine rings is 1. The number of hydrogen-bond acceptors (Lipinski definition) is 4. The smallest absolute Gasteiger partial charge is 0.254 e. The van der Waals surface area contributed by atoms with Crippen molar-refractivity contribution in [3.63, 3.8) is 0 Å². The summed E-state index contributed by atoms with van der Waals surface area (Å²) in [4.78, 5) is 19.0. The fourth-order valence-electron chi connectivity index (χ4n) is 3.66. The molecule has 0 bridgehead atoms. The van der Waals surface area contributed by atoms with Gasteiger partial charge in [-0.3, -0.25) is 10.2 Å². The van der Waals surface area contributed by atoms with Gasteiger partial charge in [-0.15, -0.1) is 0 Å². The molecule has 1 aliphatic rings. The van der Waals surface area contributed by atoms with Crippen LogP contribution in [-0.4, -0.2) is 41.8 Å². The molecular formula is C25H24N4O2. The zero-order valence-corrected chi connectivity index (χ0v) is 17.3. The lowest BCUT2D eigenvalue weighted by molar-refractivity contribution is 0.0773. The zero-order chi connectivity index (χ0) is 21.8. The average molecular weight is 412 g/mol. The van der Waals surface area contributed by atoms with Crippen LogP contribution in [0.5, 0.6) is 5.88 Å². The van der Waals surface area contributed by atoms with E-state index in [2.05, 4.69) is 11.1 Å². The van der Waals surface area contributed by atoms with Gasteiger partial charge in [-0.05, 0) is 47.4 Å². The standard InChI is InChI=1S/C25H24N4O2/c1-31-23-10-9-22(16-28-23)17-5-7-19(8-6-17)25(30)29-13-11-18(12-14-29)20-3-2-4-21(15-20)24(26)27/h2-11,15-16H,12-14H2,1H3,(H3,26,27). The van der Waals surface area contributed by atoms with Crippen molar-refractivity contribution in [1.82, 2.24) is 9.88 Å². The van der Waals surface area contributed by atoms with Gasteiger partial charge in [0.15, 0.2) is 0 Å². The van der Waals surface area contributed by atoms with E-state index in [0.717, 1.165) is 23.1 Å². The Morgan fingerprint density at radius 1 is 1.03 bits per heavy atom. The lowest BCUT2D eigenvalue weighted by atomic mass is 9.97. The number of carbonyl (C=O) groups is 1. The second-order valence-corrected chi connectivity index (χ2v) is 7.39. The topological polar surface area (TPSA) is 92.3 Å². The van der Waals surface area contributed by atoms with Gasteiger partial charge in [0, 0.05) is 42.0 Å². The van der Waals surface area contributed by atoms with Gasteiger partial charge in [0.2, 0.25) is 5.88 Å². The van der Waals surface area contributed by atoms with E-state index < -0.39 is 0 Å². The molecule has 0 radical (unpaired) electrons. The van der Waals surface area contributed by atoms with Crippen molar-refractivity contribution in [2.24, 2.45) is 5.73 Å². The summed E-state index contributed by atoms with van der Waals surface area (Å²) < 4.78 is 5.09. The molecule has 0 unspecified atom stereocenters. The van der Waals surface area contributed by atoms with Crippen molar-refractivity contribution in [2.75, 3.05) is 20.2 Å². The van der Waals surface area contributed by atoms with E-state index in [1.165, 1.54) is 5.57 Å². The van der Waals surface area contributed by atoms with Crippen molar-refractivity contribution < 1.29 is 9.53 Å². The summed E-state index contributed by atoms with van der Waals surface area (Å²) in [5.74, 6) is 0.650. The number of aromatic nitrogens is 1. The van der Waals surface area contributed by atoms with E-state index in [1.54, 1.807) is 13.3 Å². The summed E-state index contributed by atoms with van der Waals surface area (Å²) >= 11 is 0. The lowest BCUT2D eigenvalue weighted by Gasteiger charge is -2.27. The molecule has 1 aliphatic heterocycles. The molecule has 0 spiro atoms. The second kappa shape index (κ2) is 8.83. The Morgan fingerprint density at radius 2 is 1.81 bits per heavy atom. The maximum Gasteiger partial charge on any atom is 0.254 e. The number of ether oxygens (including phenoxy) is 1. The van der Waals surface area contributed by atoms with Crippen molar-refractivity contribution in [3.05, 3.63) is 89.6 Å². The van der Waals surface area contributed by atoms with Gasteiger partial charge in [0.05, 0.1) is 7.11 Å². The van der Waals surface area contributed by atoms with Crippen molar-refractivity contribution in [3.8, 4) is 17.0 Å². The molecule has 3 N–H and O–H groups in total. The van der Waals surface area contributed by atoms with Gasteiger partial charge in [-0.25, -0.2) is 4.98 Å². The molecule has 6 heteroatoms. The van der Waals surface area contributed by atoms with Crippen LogP contribution in [0.15, 0.2) is 72.9 Å². The van der Waals surface area contributed by atoms with Crippen LogP contribution in [0, 0.1) is 5.41 Å². The Morgan fingerprint density at radius 3 is 2.42 bits per heavy atom. The van der Waals surface area contributed by atoms with Crippen LogP contribution in [0.3, 0.4) is 0 Å². The molecule has 6 nitrogen and oxygen atoms in total. The van der Waals surface area contributed by atoms with E-state index in [4.69, 9.17) is 15.9 Å². The Balaban J connectivity index is 1.44. The van der Waals surface area contributed by atoms with Crippen LogP contribution >= 0.6 is 0 Å². The lowest BCUT2D eigenvalue weighted by Crippen LogP contribution is -2.34. The second-order valence-electron chi connectivity index (χ2n) is 7.39.